The third-order valence-corrected chi connectivity index (χ3v) is 5.39. The van der Waals surface area contributed by atoms with E-state index in [1.54, 1.807) is 19.1 Å². The summed E-state index contributed by atoms with van der Waals surface area (Å²) in [6, 6.07) is 5.88. The van der Waals surface area contributed by atoms with Gasteiger partial charge in [0.25, 0.3) is 5.91 Å². The molecule has 0 spiro atoms. The number of carbonyl (C=O) groups is 2. The summed E-state index contributed by atoms with van der Waals surface area (Å²) in [6.07, 6.45) is -1.60. The molecule has 2 amide bonds. The van der Waals surface area contributed by atoms with E-state index in [1.807, 2.05) is 0 Å². The lowest BCUT2D eigenvalue weighted by atomic mass is 10.0. The minimum atomic E-state index is -4.65. The molecule has 0 unspecified atom stereocenters. The summed E-state index contributed by atoms with van der Waals surface area (Å²) in [5.74, 6) is -1.46. The first-order valence-electron chi connectivity index (χ1n) is 10.7. The van der Waals surface area contributed by atoms with Gasteiger partial charge in [0.1, 0.15) is 5.82 Å². The van der Waals surface area contributed by atoms with E-state index in [2.05, 4.69) is 25.7 Å². The van der Waals surface area contributed by atoms with Gasteiger partial charge in [0, 0.05) is 24.2 Å². The zero-order valence-corrected chi connectivity index (χ0v) is 19.3. The Labute approximate surface area is 202 Å². The molecule has 4 aromatic rings. The van der Waals surface area contributed by atoms with Crippen LogP contribution in [0.3, 0.4) is 0 Å². The highest BCUT2D eigenvalue weighted by Gasteiger charge is 2.32. The van der Waals surface area contributed by atoms with Crippen molar-refractivity contribution in [3.8, 4) is 11.3 Å². The van der Waals surface area contributed by atoms with Crippen LogP contribution in [-0.4, -0.2) is 31.4 Å². The van der Waals surface area contributed by atoms with Crippen molar-refractivity contribution in [1.82, 2.24) is 24.9 Å². The summed E-state index contributed by atoms with van der Waals surface area (Å²) in [5, 5.41) is 9.54. The predicted octanol–water partition coefficient (Wildman–Crippen LogP) is 4.71. The van der Waals surface area contributed by atoms with Crippen molar-refractivity contribution in [3.63, 3.8) is 0 Å². The van der Waals surface area contributed by atoms with Gasteiger partial charge in [0.2, 0.25) is 5.91 Å². The molecule has 0 aliphatic rings. The maximum Gasteiger partial charge on any atom is 0.416 e. The quantitative estimate of drug-likeness (QED) is 0.387. The third-order valence-electron chi connectivity index (χ3n) is 5.39. The number of anilines is 1. The van der Waals surface area contributed by atoms with Crippen LogP contribution in [0.15, 0.2) is 48.8 Å². The number of fused-ring (bicyclic) bond motifs is 1. The molecule has 3 heterocycles. The average molecular weight is 500 g/mol. The van der Waals surface area contributed by atoms with E-state index >= 15 is 0 Å². The van der Waals surface area contributed by atoms with Gasteiger partial charge in [-0.05, 0) is 50.2 Å². The van der Waals surface area contributed by atoms with E-state index in [4.69, 9.17) is 0 Å². The monoisotopic (exact) mass is 500 g/mol. The number of amides is 2. The second-order valence-corrected chi connectivity index (χ2v) is 8.11. The van der Waals surface area contributed by atoms with Crippen LogP contribution < -0.4 is 10.6 Å². The maximum absolute atomic E-state index is 14.3. The molecule has 2 N–H and O–H groups in total. The van der Waals surface area contributed by atoms with Crippen molar-refractivity contribution in [3.05, 3.63) is 77.0 Å². The van der Waals surface area contributed by atoms with Gasteiger partial charge in [-0.25, -0.2) is 13.9 Å². The molecule has 8 nitrogen and oxygen atoms in total. The van der Waals surface area contributed by atoms with Crippen molar-refractivity contribution in [2.24, 2.45) is 0 Å². The number of nitrogens with one attached hydrogen (secondary N) is 2. The Hall–Kier alpha value is -4.35. The summed E-state index contributed by atoms with van der Waals surface area (Å²) < 4.78 is 54.9. The van der Waals surface area contributed by atoms with Gasteiger partial charge in [0.15, 0.2) is 11.5 Å². The van der Waals surface area contributed by atoms with Gasteiger partial charge in [-0.15, -0.1) is 0 Å². The van der Waals surface area contributed by atoms with Gasteiger partial charge in [-0.3, -0.25) is 14.6 Å². The fourth-order valence-corrected chi connectivity index (χ4v) is 3.58. The van der Waals surface area contributed by atoms with E-state index in [1.165, 1.54) is 36.8 Å². The summed E-state index contributed by atoms with van der Waals surface area (Å²) in [6.45, 7) is 4.35. The highest BCUT2D eigenvalue weighted by atomic mass is 19.4. The molecule has 0 bridgehead atoms. The number of imidazole rings is 1. The molecule has 0 saturated carbocycles. The van der Waals surface area contributed by atoms with Crippen molar-refractivity contribution in [1.29, 1.82) is 0 Å². The number of rotatable bonds is 5. The smallest absolute Gasteiger partial charge is 0.345 e. The summed E-state index contributed by atoms with van der Waals surface area (Å²) in [5.41, 5.74) is 0.637. The first-order valence-corrected chi connectivity index (χ1v) is 10.7. The normalized spacial score (nSPS) is 12.4. The molecule has 3 aromatic heterocycles. The molecule has 186 valence electrons. The average Bonchev–Trinajstić information content (AvgIpc) is 3.19. The van der Waals surface area contributed by atoms with Gasteiger partial charge >= 0.3 is 6.18 Å². The van der Waals surface area contributed by atoms with Gasteiger partial charge in [-0.1, -0.05) is 0 Å². The van der Waals surface area contributed by atoms with E-state index < -0.39 is 29.5 Å². The largest absolute Gasteiger partial charge is 0.416 e. The number of alkyl halides is 3. The predicted molar refractivity (Wildman–Crippen MR) is 123 cm³/mol. The van der Waals surface area contributed by atoms with Crippen LogP contribution in [0.1, 0.15) is 47.1 Å². The van der Waals surface area contributed by atoms with Crippen LogP contribution in [0.4, 0.5) is 23.4 Å². The van der Waals surface area contributed by atoms with Crippen molar-refractivity contribution in [2.45, 2.75) is 33.0 Å². The van der Waals surface area contributed by atoms with E-state index in [9.17, 15) is 27.2 Å². The molecule has 0 radical (unpaired) electrons. The highest BCUT2D eigenvalue weighted by molar-refractivity contribution is 5.96. The summed E-state index contributed by atoms with van der Waals surface area (Å²) >= 11 is 0. The van der Waals surface area contributed by atoms with Crippen LogP contribution in [0, 0.1) is 12.7 Å². The molecule has 0 saturated heterocycles. The molecule has 4 rings (SSSR count). The van der Waals surface area contributed by atoms with Crippen molar-refractivity contribution < 1.29 is 27.2 Å². The van der Waals surface area contributed by atoms with Crippen LogP contribution >= 0.6 is 0 Å². The lowest BCUT2D eigenvalue weighted by molar-refractivity contribution is -0.137. The van der Waals surface area contributed by atoms with E-state index in [-0.39, 0.29) is 17.0 Å². The highest BCUT2D eigenvalue weighted by Crippen LogP contribution is 2.32. The number of aryl methyl sites for hydroxylation is 1. The zero-order chi connectivity index (χ0) is 26.2. The summed E-state index contributed by atoms with van der Waals surface area (Å²) in [7, 11) is 0. The minimum Gasteiger partial charge on any atom is -0.345 e. The molecule has 1 aromatic carbocycles. The van der Waals surface area contributed by atoms with Crippen LogP contribution in [0.2, 0.25) is 0 Å². The first kappa shape index (κ1) is 24.8. The van der Waals surface area contributed by atoms with E-state index in [0.717, 1.165) is 6.07 Å². The SMILES string of the molecule is CC(=O)Nc1cn2nc(-c3cnc(C)c(C(=O)N[C@@H](C)c4cc(C(F)(F)F)ccc4F)c3)ccc2n1. The maximum atomic E-state index is 14.3. The molecular formula is C24H20F4N6O2. The van der Waals surface area contributed by atoms with Crippen LogP contribution in [-0.2, 0) is 11.0 Å². The number of hydrogen-bond acceptors (Lipinski definition) is 5. The number of nitrogens with zero attached hydrogens (tertiary/aromatic N) is 4. The lowest BCUT2D eigenvalue weighted by Gasteiger charge is -2.18. The molecular weight excluding hydrogens is 480 g/mol. The Morgan fingerprint density at radius 1 is 1.11 bits per heavy atom. The molecule has 0 aliphatic heterocycles. The fourth-order valence-electron chi connectivity index (χ4n) is 3.58. The number of carbonyl (C=O) groups excluding carboxylic acids is 2. The molecule has 36 heavy (non-hydrogen) atoms. The van der Waals surface area contributed by atoms with E-state index in [0.29, 0.717) is 40.5 Å². The Morgan fingerprint density at radius 2 is 1.86 bits per heavy atom. The molecule has 0 aliphatic carbocycles. The zero-order valence-electron chi connectivity index (χ0n) is 19.3. The van der Waals surface area contributed by atoms with Crippen molar-refractivity contribution in [2.75, 3.05) is 5.32 Å². The Kier molecular flexibility index (Phi) is 6.44. The van der Waals surface area contributed by atoms with Crippen LogP contribution in [0.5, 0.6) is 0 Å². The standard InChI is InChI=1S/C24H20F4N6O2/c1-12-18(23(36)30-13(2)17-9-16(24(26,27)28)4-5-19(17)25)8-15(10-29-12)20-6-7-22-32-21(31-14(3)35)11-34(22)33-20/h4-11,13H,1-3H3,(H,30,36)(H,31,35)/t13-/m0/s1. The lowest BCUT2D eigenvalue weighted by Crippen LogP contribution is -2.28. The van der Waals surface area contributed by atoms with Crippen molar-refractivity contribution >= 4 is 23.3 Å². The Balaban J connectivity index is 1.60. The topological polar surface area (TPSA) is 101 Å². The Morgan fingerprint density at radius 3 is 2.56 bits per heavy atom. The number of halogens is 4. The molecule has 0 fully saturated rings. The second-order valence-electron chi connectivity index (χ2n) is 8.11. The fraction of sp³-hybridized carbons (Fsp3) is 0.208. The molecule has 12 heteroatoms. The Bertz CT molecular complexity index is 1480. The number of pyridine rings is 1. The van der Waals surface area contributed by atoms with Crippen LogP contribution in [0.25, 0.3) is 16.9 Å². The minimum absolute atomic E-state index is 0.151. The molecule has 1 atom stereocenters. The first-order chi connectivity index (χ1) is 16.9. The summed E-state index contributed by atoms with van der Waals surface area (Å²) in [4.78, 5) is 32.7. The number of benzene rings is 1. The third kappa shape index (κ3) is 5.16. The second kappa shape index (κ2) is 9.36. The van der Waals surface area contributed by atoms with Gasteiger partial charge in [-0.2, -0.15) is 18.3 Å². The number of hydrogen-bond donors (Lipinski definition) is 2. The number of aromatic nitrogens is 4. The van der Waals surface area contributed by atoms with Gasteiger partial charge in [0.05, 0.1) is 34.8 Å². The van der Waals surface area contributed by atoms with Gasteiger partial charge < -0.3 is 10.6 Å².